The van der Waals surface area contributed by atoms with E-state index in [1.807, 2.05) is 0 Å². The van der Waals surface area contributed by atoms with Crippen LogP contribution in [0.4, 0.5) is 0 Å². The zero-order chi connectivity index (χ0) is 13.4. The molecule has 0 amide bonds. The first kappa shape index (κ1) is 15.9. The quantitative estimate of drug-likeness (QED) is 0.696. The maximum Gasteiger partial charge on any atom is 0.156 e. The molecular formula is C13H18Cl3NO. The van der Waals surface area contributed by atoms with Crippen LogP contribution in [-0.2, 0) is 0 Å². The van der Waals surface area contributed by atoms with E-state index in [-0.39, 0.29) is 0 Å². The number of nitrogens with one attached hydrogen (secondary N) is 1. The summed E-state index contributed by atoms with van der Waals surface area (Å²) in [5, 5.41) is 4.70. The van der Waals surface area contributed by atoms with Gasteiger partial charge in [0.2, 0.25) is 0 Å². The molecule has 0 saturated heterocycles. The van der Waals surface area contributed by atoms with E-state index in [0.717, 1.165) is 13.1 Å². The standard InChI is InChI=1S/C13H18Cl3NO/c1-2-3-4-5-17-6-7-18-13-11(15)8-10(14)9-12(13)16/h8-9,17H,2-7H2,1H3. The van der Waals surface area contributed by atoms with E-state index in [1.54, 1.807) is 12.1 Å². The van der Waals surface area contributed by atoms with Crippen molar-refractivity contribution in [1.29, 1.82) is 0 Å². The molecule has 0 bridgehead atoms. The zero-order valence-corrected chi connectivity index (χ0v) is 12.7. The molecule has 0 aliphatic rings. The van der Waals surface area contributed by atoms with Gasteiger partial charge in [-0.2, -0.15) is 0 Å². The Morgan fingerprint density at radius 1 is 1.06 bits per heavy atom. The lowest BCUT2D eigenvalue weighted by molar-refractivity contribution is 0.314. The van der Waals surface area contributed by atoms with Gasteiger partial charge in [-0.25, -0.2) is 0 Å². The summed E-state index contributed by atoms with van der Waals surface area (Å²) in [6.45, 7) is 4.51. The smallest absolute Gasteiger partial charge is 0.156 e. The average Bonchev–Trinajstić information content (AvgIpc) is 2.30. The van der Waals surface area contributed by atoms with Crippen LogP contribution in [0.25, 0.3) is 0 Å². The van der Waals surface area contributed by atoms with Crippen LogP contribution in [0.3, 0.4) is 0 Å². The predicted octanol–water partition coefficient (Wildman–Crippen LogP) is 4.81. The molecule has 5 heteroatoms. The number of hydrogen-bond donors (Lipinski definition) is 1. The highest BCUT2D eigenvalue weighted by Crippen LogP contribution is 2.35. The molecule has 0 saturated carbocycles. The minimum atomic E-state index is 0.443. The van der Waals surface area contributed by atoms with Crippen molar-refractivity contribution in [2.75, 3.05) is 19.7 Å². The molecule has 0 heterocycles. The van der Waals surface area contributed by atoms with Crippen molar-refractivity contribution >= 4 is 34.8 Å². The zero-order valence-electron chi connectivity index (χ0n) is 10.4. The molecule has 18 heavy (non-hydrogen) atoms. The third-order valence-corrected chi connectivity index (χ3v) is 3.23. The van der Waals surface area contributed by atoms with Crippen molar-refractivity contribution in [2.24, 2.45) is 0 Å². The van der Waals surface area contributed by atoms with Crippen LogP contribution in [0.15, 0.2) is 12.1 Å². The first-order valence-corrected chi connectivity index (χ1v) is 7.26. The Morgan fingerprint density at radius 2 is 1.72 bits per heavy atom. The van der Waals surface area contributed by atoms with Gasteiger partial charge < -0.3 is 10.1 Å². The highest BCUT2D eigenvalue weighted by atomic mass is 35.5. The summed E-state index contributed by atoms with van der Waals surface area (Å²) in [5.74, 6) is 0.498. The van der Waals surface area contributed by atoms with Crippen molar-refractivity contribution in [3.05, 3.63) is 27.2 Å². The first-order valence-electron chi connectivity index (χ1n) is 6.13. The monoisotopic (exact) mass is 309 g/mol. The van der Waals surface area contributed by atoms with Gasteiger partial charge in [0.1, 0.15) is 6.61 Å². The normalized spacial score (nSPS) is 10.7. The molecule has 2 nitrogen and oxygen atoms in total. The SMILES string of the molecule is CCCCCNCCOc1c(Cl)cc(Cl)cc1Cl. The van der Waals surface area contributed by atoms with Crippen molar-refractivity contribution in [2.45, 2.75) is 26.2 Å². The predicted molar refractivity (Wildman–Crippen MR) is 79.4 cm³/mol. The summed E-state index contributed by atoms with van der Waals surface area (Å²) >= 11 is 17.8. The van der Waals surface area contributed by atoms with E-state index in [2.05, 4.69) is 12.2 Å². The average molecular weight is 311 g/mol. The summed E-state index contributed by atoms with van der Waals surface area (Å²) < 4.78 is 5.54. The molecule has 1 N–H and O–H groups in total. The third kappa shape index (κ3) is 5.66. The van der Waals surface area contributed by atoms with E-state index in [4.69, 9.17) is 39.5 Å². The van der Waals surface area contributed by atoms with Crippen molar-refractivity contribution in [3.63, 3.8) is 0 Å². The summed E-state index contributed by atoms with van der Waals surface area (Å²) in [5.41, 5.74) is 0. The Balaban J connectivity index is 2.27. The Labute approximate surface area is 124 Å². The van der Waals surface area contributed by atoms with E-state index >= 15 is 0 Å². The van der Waals surface area contributed by atoms with Crippen LogP contribution in [0.1, 0.15) is 26.2 Å². The molecule has 0 fully saturated rings. The summed E-state index contributed by atoms with van der Waals surface area (Å²) in [6.07, 6.45) is 3.68. The molecule has 0 aliphatic carbocycles. The van der Waals surface area contributed by atoms with E-state index in [0.29, 0.717) is 27.4 Å². The van der Waals surface area contributed by atoms with Crippen LogP contribution in [0.2, 0.25) is 15.1 Å². The van der Waals surface area contributed by atoms with Gasteiger partial charge in [-0.1, -0.05) is 54.6 Å². The molecule has 0 radical (unpaired) electrons. The molecule has 0 atom stereocenters. The number of ether oxygens (including phenoxy) is 1. The molecule has 102 valence electrons. The molecule has 0 aromatic heterocycles. The minimum Gasteiger partial charge on any atom is -0.489 e. The Morgan fingerprint density at radius 3 is 2.33 bits per heavy atom. The second kappa shape index (κ2) is 8.87. The fourth-order valence-corrected chi connectivity index (χ4v) is 2.44. The summed E-state index contributed by atoms with van der Waals surface area (Å²) in [7, 11) is 0. The van der Waals surface area contributed by atoms with Gasteiger partial charge in [0.15, 0.2) is 5.75 Å². The number of benzene rings is 1. The number of unbranched alkanes of at least 4 members (excludes halogenated alkanes) is 2. The fourth-order valence-electron chi connectivity index (χ4n) is 1.52. The molecule has 1 aromatic rings. The summed E-state index contributed by atoms with van der Waals surface area (Å²) in [4.78, 5) is 0. The molecular weight excluding hydrogens is 293 g/mol. The topological polar surface area (TPSA) is 21.3 Å². The number of halogens is 3. The van der Waals surface area contributed by atoms with Crippen LogP contribution < -0.4 is 10.1 Å². The van der Waals surface area contributed by atoms with Crippen molar-refractivity contribution in [1.82, 2.24) is 5.32 Å². The van der Waals surface area contributed by atoms with Crippen molar-refractivity contribution < 1.29 is 4.74 Å². The van der Waals surface area contributed by atoms with Crippen LogP contribution >= 0.6 is 34.8 Å². The van der Waals surface area contributed by atoms with E-state index in [1.165, 1.54) is 19.3 Å². The van der Waals surface area contributed by atoms with Gasteiger partial charge in [-0.05, 0) is 25.1 Å². The number of hydrogen-bond acceptors (Lipinski definition) is 2. The van der Waals surface area contributed by atoms with Crippen LogP contribution in [0.5, 0.6) is 5.75 Å². The lowest BCUT2D eigenvalue weighted by Crippen LogP contribution is -2.22. The van der Waals surface area contributed by atoms with Gasteiger partial charge in [0.25, 0.3) is 0 Å². The maximum atomic E-state index is 6.00. The lowest BCUT2D eigenvalue weighted by atomic mass is 10.2. The Hall–Kier alpha value is -0.150. The fraction of sp³-hybridized carbons (Fsp3) is 0.538. The third-order valence-electron chi connectivity index (χ3n) is 2.45. The maximum absolute atomic E-state index is 6.00. The second-order valence-electron chi connectivity index (χ2n) is 4.00. The van der Waals surface area contributed by atoms with Crippen LogP contribution in [-0.4, -0.2) is 19.7 Å². The Bertz CT molecular complexity index is 348. The number of rotatable bonds is 8. The van der Waals surface area contributed by atoms with Gasteiger partial charge in [0, 0.05) is 11.6 Å². The summed E-state index contributed by atoms with van der Waals surface area (Å²) in [6, 6.07) is 3.25. The first-order chi connectivity index (χ1) is 8.65. The van der Waals surface area contributed by atoms with Crippen molar-refractivity contribution in [3.8, 4) is 5.75 Å². The molecule has 0 aliphatic heterocycles. The van der Waals surface area contributed by atoms with Crippen LogP contribution in [0, 0.1) is 0 Å². The molecule has 0 unspecified atom stereocenters. The molecule has 1 rings (SSSR count). The van der Waals surface area contributed by atoms with Gasteiger partial charge in [-0.3, -0.25) is 0 Å². The molecule has 1 aromatic carbocycles. The van der Waals surface area contributed by atoms with Gasteiger partial charge >= 0.3 is 0 Å². The van der Waals surface area contributed by atoms with E-state index in [9.17, 15) is 0 Å². The van der Waals surface area contributed by atoms with Gasteiger partial charge in [0.05, 0.1) is 10.0 Å². The largest absolute Gasteiger partial charge is 0.489 e. The molecule has 0 spiro atoms. The van der Waals surface area contributed by atoms with Gasteiger partial charge in [-0.15, -0.1) is 0 Å². The Kier molecular flexibility index (Phi) is 7.84. The highest BCUT2D eigenvalue weighted by Gasteiger charge is 2.08. The lowest BCUT2D eigenvalue weighted by Gasteiger charge is -2.10. The minimum absolute atomic E-state index is 0.443. The highest BCUT2D eigenvalue weighted by molar-refractivity contribution is 6.40. The second-order valence-corrected chi connectivity index (χ2v) is 5.25. The van der Waals surface area contributed by atoms with E-state index < -0.39 is 0 Å².